The van der Waals surface area contributed by atoms with Gasteiger partial charge in [-0.05, 0) is 38.5 Å². The molecular formula is C19H33ClN4O3. The molecule has 7 nitrogen and oxygen atoms in total. The third-order valence-corrected chi connectivity index (χ3v) is 5.85. The van der Waals surface area contributed by atoms with E-state index in [9.17, 15) is 14.4 Å². The van der Waals surface area contributed by atoms with Crippen LogP contribution in [0.25, 0.3) is 0 Å². The monoisotopic (exact) mass is 400 g/mol. The molecular weight excluding hydrogens is 368 g/mol. The molecule has 8 heteroatoms. The third kappa shape index (κ3) is 5.13. The molecule has 3 rings (SSSR count). The van der Waals surface area contributed by atoms with Crippen LogP contribution in [0.2, 0.25) is 0 Å². The van der Waals surface area contributed by atoms with Crippen molar-refractivity contribution in [2.75, 3.05) is 39.3 Å². The predicted octanol–water partition coefficient (Wildman–Crippen LogP) is 1.01. The molecule has 2 atom stereocenters. The molecule has 3 amide bonds. The first-order valence-corrected chi connectivity index (χ1v) is 10.2. The predicted molar refractivity (Wildman–Crippen MR) is 106 cm³/mol. The van der Waals surface area contributed by atoms with Crippen LogP contribution in [0.15, 0.2) is 0 Å². The Kier molecular flexibility index (Phi) is 8.35. The lowest BCUT2D eigenvalue weighted by molar-refractivity contribution is -0.150. The molecule has 154 valence electrons. The summed E-state index contributed by atoms with van der Waals surface area (Å²) in [4.78, 5) is 43.5. The summed E-state index contributed by atoms with van der Waals surface area (Å²) in [7, 11) is 0. The van der Waals surface area contributed by atoms with Crippen LogP contribution in [-0.4, -0.2) is 83.8 Å². The second-order valence-electron chi connectivity index (χ2n) is 7.69. The lowest BCUT2D eigenvalue weighted by Gasteiger charge is -2.43. The summed E-state index contributed by atoms with van der Waals surface area (Å²) in [6, 6.07) is -0.189. The summed E-state index contributed by atoms with van der Waals surface area (Å²) in [5, 5.41) is 3.10. The third-order valence-electron chi connectivity index (χ3n) is 5.85. The fourth-order valence-electron chi connectivity index (χ4n) is 4.47. The van der Waals surface area contributed by atoms with Gasteiger partial charge in [0.05, 0.1) is 6.54 Å². The van der Waals surface area contributed by atoms with Gasteiger partial charge in [0.15, 0.2) is 0 Å². The zero-order valence-corrected chi connectivity index (χ0v) is 17.1. The van der Waals surface area contributed by atoms with Gasteiger partial charge in [0.25, 0.3) is 0 Å². The van der Waals surface area contributed by atoms with Gasteiger partial charge in [0, 0.05) is 45.2 Å². The highest BCUT2D eigenvalue weighted by atomic mass is 35.5. The number of piperazine rings is 1. The number of rotatable bonds is 4. The van der Waals surface area contributed by atoms with Crippen molar-refractivity contribution in [3.63, 3.8) is 0 Å². The molecule has 0 spiro atoms. The Morgan fingerprint density at radius 3 is 2.67 bits per heavy atom. The number of amides is 3. The van der Waals surface area contributed by atoms with Crippen molar-refractivity contribution in [2.45, 2.75) is 64.0 Å². The Morgan fingerprint density at radius 1 is 1.11 bits per heavy atom. The maximum Gasteiger partial charge on any atom is 0.245 e. The number of hydrogen-bond acceptors (Lipinski definition) is 4. The van der Waals surface area contributed by atoms with E-state index in [2.05, 4.69) is 5.32 Å². The zero-order chi connectivity index (χ0) is 18.5. The van der Waals surface area contributed by atoms with Crippen molar-refractivity contribution >= 4 is 30.1 Å². The second kappa shape index (κ2) is 10.3. The smallest absolute Gasteiger partial charge is 0.245 e. The largest absolute Gasteiger partial charge is 0.339 e. The van der Waals surface area contributed by atoms with Gasteiger partial charge >= 0.3 is 0 Å². The minimum atomic E-state index is -0.305. The number of piperidine rings is 2. The Balaban J connectivity index is 0.00000261. The van der Waals surface area contributed by atoms with Crippen LogP contribution < -0.4 is 5.32 Å². The molecule has 0 aromatic rings. The van der Waals surface area contributed by atoms with Gasteiger partial charge in [-0.2, -0.15) is 0 Å². The van der Waals surface area contributed by atoms with E-state index in [4.69, 9.17) is 0 Å². The molecule has 0 radical (unpaired) electrons. The first-order chi connectivity index (χ1) is 12.6. The van der Waals surface area contributed by atoms with E-state index in [-0.39, 0.29) is 42.2 Å². The van der Waals surface area contributed by atoms with Crippen LogP contribution in [0, 0.1) is 0 Å². The first-order valence-electron chi connectivity index (χ1n) is 10.2. The number of carbonyl (C=O) groups excluding carboxylic acids is 3. The zero-order valence-electron chi connectivity index (χ0n) is 16.3. The standard InChI is InChI=1S/C19H32N4O3.ClH/c1-2-6-17(24)23-11-4-3-8-16(23)19(26)21-10-5-7-15(14-21)22-12-9-20-13-18(22)25;/h15-16,20H,2-14H2,1H3;1H. The van der Waals surface area contributed by atoms with E-state index >= 15 is 0 Å². The van der Waals surface area contributed by atoms with Crippen molar-refractivity contribution in [3.8, 4) is 0 Å². The summed E-state index contributed by atoms with van der Waals surface area (Å²) >= 11 is 0. The van der Waals surface area contributed by atoms with Gasteiger partial charge < -0.3 is 20.0 Å². The average molecular weight is 401 g/mol. The Morgan fingerprint density at radius 2 is 1.93 bits per heavy atom. The lowest BCUT2D eigenvalue weighted by atomic mass is 9.97. The molecule has 3 aliphatic rings. The number of nitrogens with zero attached hydrogens (tertiary/aromatic N) is 3. The second-order valence-corrected chi connectivity index (χ2v) is 7.69. The van der Waals surface area contributed by atoms with Gasteiger partial charge in [-0.25, -0.2) is 0 Å². The fourth-order valence-corrected chi connectivity index (χ4v) is 4.47. The van der Waals surface area contributed by atoms with E-state index in [1.54, 1.807) is 0 Å². The van der Waals surface area contributed by atoms with Gasteiger partial charge in [0.1, 0.15) is 6.04 Å². The maximum atomic E-state index is 13.2. The van der Waals surface area contributed by atoms with Gasteiger partial charge in [-0.3, -0.25) is 14.4 Å². The maximum absolute atomic E-state index is 13.2. The van der Waals surface area contributed by atoms with Crippen molar-refractivity contribution in [3.05, 3.63) is 0 Å². The Hall–Kier alpha value is -1.34. The van der Waals surface area contributed by atoms with Crippen LogP contribution in [0.4, 0.5) is 0 Å². The van der Waals surface area contributed by atoms with E-state index < -0.39 is 0 Å². The van der Waals surface area contributed by atoms with Crippen molar-refractivity contribution in [1.82, 2.24) is 20.0 Å². The van der Waals surface area contributed by atoms with E-state index in [0.717, 1.165) is 58.2 Å². The molecule has 1 N–H and O–H groups in total. The summed E-state index contributed by atoms with van der Waals surface area (Å²) in [6.45, 7) is 5.97. The number of carbonyl (C=O) groups is 3. The van der Waals surface area contributed by atoms with Crippen molar-refractivity contribution in [1.29, 1.82) is 0 Å². The molecule has 0 saturated carbocycles. The summed E-state index contributed by atoms with van der Waals surface area (Å²) < 4.78 is 0. The quantitative estimate of drug-likeness (QED) is 0.764. The molecule has 3 aliphatic heterocycles. The number of hydrogen-bond donors (Lipinski definition) is 1. The Labute approximate surface area is 168 Å². The number of likely N-dealkylation sites (tertiary alicyclic amines) is 2. The topological polar surface area (TPSA) is 73.0 Å². The fraction of sp³-hybridized carbons (Fsp3) is 0.842. The van der Waals surface area contributed by atoms with Crippen LogP contribution in [0.5, 0.6) is 0 Å². The summed E-state index contributed by atoms with van der Waals surface area (Å²) in [5.74, 6) is 0.325. The minimum absolute atomic E-state index is 0. The van der Waals surface area contributed by atoms with Crippen molar-refractivity contribution < 1.29 is 14.4 Å². The molecule has 0 aliphatic carbocycles. The average Bonchev–Trinajstić information content (AvgIpc) is 2.68. The molecule has 0 aromatic carbocycles. The molecule has 3 fully saturated rings. The van der Waals surface area contributed by atoms with Crippen LogP contribution in [-0.2, 0) is 14.4 Å². The lowest BCUT2D eigenvalue weighted by Crippen LogP contribution is -2.60. The van der Waals surface area contributed by atoms with Gasteiger partial charge in [-0.1, -0.05) is 6.92 Å². The molecule has 0 aromatic heterocycles. The molecule has 3 saturated heterocycles. The van der Waals surface area contributed by atoms with Crippen molar-refractivity contribution in [2.24, 2.45) is 0 Å². The van der Waals surface area contributed by atoms with Crippen LogP contribution >= 0.6 is 12.4 Å². The summed E-state index contributed by atoms with van der Waals surface area (Å²) in [5.41, 5.74) is 0. The highest BCUT2D eigenvalue weighted by Gasteiger charge is 2.37. The highest BCUT2D eigenvalue weighted by Crippen LogP contribution is 2.24. The van der Waals surface area contributed by atoms with E-state index in [1.165, 1.54) is 0 Å². The number of nitrogens with one attached hydrogen (secondary N) is 1. The molecule has 3 heterocycles. The normalized spacial score (nSPS) is 26.6. The molecule has 27 heavy (non-hydrogen) atoms. The summed E-state index contributed by atoms with van der Waals surface area (Å²) in [6.07, 6.45) is 5.95. The highest BCUT2D eigenvalue weighted by molar-refractivity contribution is 5.88. The SMILES string of the molecule is CCCC(=O)N1CCCCC1C(=O)N1CCCC(N2CCNCC2=O)C1.Cl. The van der Waals surface area contributed by atoms with Crippen LogP contribution in [0.1, 0.15) is 51.9 Å². The van der Waals surface area contributed by atoms with Gasteiger partial charge in [0.2, 0.25) is 17.7 Å². The van der Waals surface area contributed by atoms with Crippen LogP contribution in [0.3, 0.4) is 0 Å². The van der Waals surface area contributed by atoms with E-state index in [1.807, 2.05) is 21.6 Å². The molecule has 0 bridgehead atoms. The molecule has 2 unspecified atom stereocenters. The first kappa shape index (κ1) is 22.0. The Bertz CT molecular complexity index is 545. The van der Waals surface area contributed by atoms with E-state index in [0.29, 0.717) is 26.1 Å². The van der Waals surface area contributed by atoms with Gasteiger partial charge in [-0.15, -0.1) is 12.4 Å². The number of halogens is 1. The minimum Gasteiger partial charge on any atom is -0.339 e.